The lowest BCUT2D eigenvalue weighted by molar-refractivity contribution is -0.142. The number of rotatable bonds is 3. The van der Waals surface area contributed by atoms with E-state index in [2.05, 4.69) is 5.10 Å². The van der Waals surface area contributed by atoms with Gasteiger partial charge in [0.2, 0.25) is 21.8 Å². The second-order valence-electron chi connectivity index (χ2n) is 7.51. The van der Waals surface area contributed by atoms with Crippen molar-refractivity contribution in [3.8, 4) is 0 Å². The fourth-order valence-electron chi connectivity index (χ4n) is 4.05. The molecule has 3 fully saturated rings. The number of hydrogen-bond donors (Lipinski definition) is 0. The van der Waals surface area contributed by atoms with E-state index in [0.717, 1.165) is 0 Å². The summed E-state index contributed by atoms with van der Waals surface area (Å²) in [4.78, 5) is 28.0. The predicted octanol–water partition coefficient (Wildman–Crippen LogP) is -0.448. The van der Waals surface area contributed by atoms with Crippen LogP contribution < -0.4 is 4.90 Å². The molecular formula is C16H23N5O4S. The van der Waals surface area contributed by atoms with E-state index >= 15 is 0 Å². The van der Waals surface area contributed by atoms with Crippen molar-refractivity contribution >= 4 is 27.5 Å². The number of aromatic nitrogens is 2. The van der Waals surface area contributed by atoms with Crippen molar-refractivity contribution in [1.82, 2.24) is 19.0 Å². The minimum absolute atomic E-state index is 0.0401. The fourth-order valence-corrected chi connectivity index (χ4v) is 5.97. The summed E-state index contributed by atoms with van der Waals surface area (Å²) in [7, 11) is -1.53. The molecule has 0 unspecified atom stereocenters. The zero-order chi connectivity index (χ0) is 18.7. The predicted molar refractivity (Wildman–Crippen MR) is 93.8 cm³/mol. The molecule has 1 spiro atoms. The number of piperazine rings is 1. The van der Waals surface area contributed by atoms with Crippen LogP contribution in [0.25, 0.3) is 0 Å². The molecule has 1 saturated carbocycles. The van der Waals surface area contributed by atoms with E-state index < -0.39 is 15.6 Å². The molecule has 3 heterocycles. The number of sulfonamides is 1. The molecule has 0 bridgehead atoms. The molecule has 3 aliphatic rings. The molecule has 1 aromatic rings. The number of amides is 2. The Kier molecular flexibility index (Phi) is 3.88. The van der Waals surface area contributed by atoms with Gasteiger partial charge >= 0.3 is 0 Å². The summed E-state index contributed by atoms with van der Waals surface area (Å²) in [6, 6.07) is 0. The lowest BCUT2D eigenvalue weighted by Crippen LogP contribution is -2.67. The summed E-state index contributed by atoms with van der Waals surface area (Å²) < 4.78 is 28.4. The molecule has 9 nitrogen and oxygen atoms in total. The second kappa shape index (κ2) is 5.78. The zero-order valence-electron chi connectivity index (χ0n) is 15.0. The van der Waals surface area contributed by atoms with Crippen LogP contribution in [0, 0.1) is 0 Å². The first kappa shape index (κ1) is 17.5. The van der Waals surface area contributed by atoms with Crippen LogP contribution in [-0.4, -0.2) is 76.2 Å². The van der Waals surface area contributed by atoms with Crippen molar-refractivity contribution < 1.29 is 18.0 Å². The molecule has 26 heavy (non-hydrogen) atoms. The Morgan fingerprint density at radius 2 is 2.04 bits per heavy atom. The summed E-state index contributed by atoms with van der Waals surface area (Å²) in [5, 5.41) is 3.84. The van der Waals surface area contributed by atoms with Gasteiger partial charge in [0, 0.05) is 33.3 Å². The maximum atomic E-state index is 12.6. The third-order valence-corrected chi connectivity index (χ3v) is 7.95. The van der Waals surface area contributed by atoms with Gasteiger partial charge in [0.1, 0.15) is 6.54 Å². The number of carbonyl (C=O) groups excluding carboxylic acids is 2. The summed E-state index contributed by atoms with van der Waals surface area (Å²) in [6.45, 7) is 2.31. The van der Waals surface area contributed by atoms with Gasteiger partial charge in [-0.3, -0.25) is 14.3 Å². The van der Waals surface area contributed by atoms with Crippen LogP contribution in [0.1, 0.15) is 26.2 Å². The van der Waals surface area contributed by atoms with Gasteiger partial charge in [-0.25, -0.2) is 8.42 Å². The van der Waals surface area contributed by atoms with Gasteiger partial charge in [-0.05, 0) is 19.3 Å². The third kappa shape index (κ3) is 2.71. The van der Waals surface area contributed by atoms with E-state index in [0.29, 0.717) is 31.5 Å². The van der Waals surface area contributed by atoms with Crippen LogP contribution >= 0.6 is 0 Å². The van der Waals surface area contributed by atoms with Crippen LogP contribution in [0.15, 0.2) is 12.4 Å². The molecule has 1 aromatic heterocycles. The van der Waals surface area contributed by atoms with Crippen molar-refractivity contribution in [2.45, 2.75) is 37.0 Å². The van der Waals surface area contributed by atoms with Crippen LogP contribution in [-0.2, 0) is 26.7 Å². The minimum Gasteiger partial charge on any atom is -0.325 e. The van der Waals surface area contributed by atoms with Gasteiger partial charge in [-0.2, -0.15) is 9.40 Å². The number of nitrogens with zero attached hydrogens (tertiary/aromatic N) is 5. The average Bonchev–Trinajstić information content (AvgIpc) is 3.23. The Morgan fingerprint density at radius 3 is 2.62 bits per heavy atom. The Hall–Kier alpha value is -1.94. The number of hydrogen-bond acceptors (Lipinski definition) is 5. The monoisotopic (exact) mass is 381 g/mol. The maximum Gasteiger partial charge on any atom is 0.246 e. The molecule has 2 saturated heterocycles. The Bertz CT molecular complexity index is 862. The Balaban J connectivity index is 1.65. The van der Waals surface area contributed by atoms with E-state index in [1.165, 1.54) is 11.2 Å². The third-order valence-electron chi connectivity index (χ3n) is 5.61. The lowest BCUT2D eigenvalue weighted by Gasteiger charge is -2.47. The molecule has 2 amide bonds. The van der Waals surface area contributed by atoms with Gasteiger partial charge in [-0.15, -0.1) is 0 Å². The van der Waals surface area contributed by atoms with Crippen molar-refractivity contribution in [2.24, 2.45) is 7.05 Å². The van der Waals surface area contributed by atoms with Gasteiger partial charge in [-0.1, -0.05) is 0 Å². The summed E-state index contributed by atoms with van der Waals surface area (Å²) >= 11 is 0. The van der Waals surface area contributed by atoms with Gasteiger partial charge in [0.05, 0.1) is 29.2 Å². The maximum absolute atomic E-state index is 12.6. The summed E-state index contributed by atoms with van der Waals surface area (Å²) in [5.41, 5.74) is -0.0130. The molecule has 10 heteroatoms. The summed E-state index contributed by atoms with van der Waals surface area (Å²) in [5.74, 6) is -0.378. The molecule has 4 rings (SSSR count). The Labute approximate surface area is 152 Å². The Morgan fingerprint density at radius 1 is 1.31 bits per heavy atom. The van der Waals surface area contributed by atoms with Crippen molar-refractivity contribution in [3.63, 3.8) is 0 Å². The number of carbonyl (C=O) groups is 2. The fraction of sp³-hybridized carbons (Fsp3) is 0.688. The average molecular weight is 381 g/mol. The first-order chi connectivity index (χ1) is 12.2. The standard InChI is InChI=1S/C16H23N5O4S/c1-12(22)21-9-15(23)20(13-7-17-18(2)8-13)11-16(21)5-6-19(10-16)26(24,25)14-3-4-14/h7-8,14H,3-6,9-11H2,1-2H3/t16-/m0/s1. The van der Waals surface area contributed by atoms with E-state index in [1.54, 1.807) is 33.9 Å². The van der Waals surface area contributed by atoms with E-state index in [1.807, 2.05) is 0 Å². The van der Waals surface area contributed by atoms with Crippen molar-refractivity contribution in [2.75, 3.05) is 31.1 Å². The van der Waals surface area contributed by atoms with Crippen LogP contribution in [0.5, 0.6) is 0 Å². The van der Waals surface area contributed by atoms with Crippen LogP contribution in [0.2, 0.25) is 0 Å². The first-order valence-electron chi connectivity index (χ1n) is 8.79. The SMILES string of the molecule is CC(=O)N1CC(=O)N(c2cnn(C)c2)C[C@@]12CCN(S(=O)(=O)C1CC1)C2. The minimum atomic E-state index is -3.31. The molecule has 0 aromatic carbocycles. The van der Waals surface area contributed by atoms with E-state index in [4.69, 9.17) is 0 Å². The first-order valence-corrected chi connectivity index (χ1v) is 10.3. The highest BCUT2D eigenvalue weighted by molar-refractivity contribution is 7.90. The molecule has 142 valence electrons. The summed E-state index contributed by atoms with van der Waals surface area (Å²) in [6.07, 6.45) is 5.32. The second-order valence-corrected chi connectivity index (χ2v) is 9.72. The quantitative estimate of drug-likeness (QED) is 0.707. The van der Waals surface area contributed by atoms with Gasteiger partial charge < -0.3 is 9.80 Å². The number of anilines is 1. The molecule has 2 aliphatic heterocycles. The van der Waals surface area contributed by atoms with Crippen LogP contribution in [0.4, 0.5) is 5.69 Å². The van der Waals surface area contributed by atoms with Gasteiger partial charge in [0.25, 0.3) is 0 Å². The van der Waals surface area contributed by atoms with Crippen molar-refractivity contribution in [3.05, 3.63) is 12.4 Å². The van der Waals surface area contributed by atoms with E-state index in [-0.39, 0.29) is 36.7 Å². The normalized spacial score (nSPS) is 27.5. The zero-order valence-corrected chi connectivity index (χ0v) is 15.8. The highest BCUT2D eigenvalue weighted by Gasteiger charge is 2.54. The smallest absolute Gasteiger partial charge is 0.246 e. The number of aryl methyl sites for hydroxylation is 1. The molecule has 0 radical (unpaired) electrons. The molecular weight excluding hydrogens is 358 g/mol. The van der Waals surface area contributed by atoms with Crippen molar-refractivity contribution in [1.29, 1.82) is 0 Å². The van der Waals surface area contributed by atoms with E-state index in [9.17, 15) is 18.0 Å². The molecule has 0 N–H and O–H groups in total. The van der Waals surface area contributed by atoms with Gasteiger partial charge in [0.15, 0.2) is 0 Å². The molecule has 1 atom stereocenters. The topological polar surface area (TPSA) is 95.8 Å². The highest BCUT2D eigenvalue weighted by atomic mass is 32.2. The molecule has 1 aliphatic carbocycles. The largest absolute Gasteiger partial charge is 0.325 e. The lowest BCUT2D eigenvalue weighted by atomic mass is 9.92. The highest BCUT2D eigenvalue weighted by Crippen LogP contribution is 2.39. The van der Waals surface area contributed by atoms with Crippen LogP contribution in [0.3, 0.4) is 0 Å².